The number of nitrogens with zero attached hydrogens (tertiary/aromatic N) is 2. The molecule has 1 aromatic carbocycles. The van der Waals surface area contributed by atoms with Crippen LogP contribution >= 0.6 is 11.6 Å². The summed E-state index contributed by atoms with van der Waals surface area (Å²) in [6.45, 7) is 0. The first-order valence-electron chi connectivity index (χ1n) is 5.16. The first kappa shape index (κ1) is 13.1. The standard InChI is InChI=1S/C12H9ClFN3O2/c13-9-2-1-7(5-10(9)14)19-11-6-16-4-3-8(11)12(15)17-18/h1-6,18H,(H2,15,17). The fourth-order valence-corrected chi connectivity index (χ4v) is 1.51. The van der Waals surface area contributed by atoms with Crippen LogP contribution in [0.5, 0.6) is 11.5 Å². The number of ether oxygens (including phenoxy) is 1. The third kappa shape index (κ3) is 2.92. The lowest BCUT2D eigenvalue weighted by molar-refractivity contribution is 0.318. The Bertz CT molecular complexity index is 634. The van der Waals surface area contributed by atoms with Gasteiger partial charge in [-0.3, -0.25) is 4.98 Å². The summed E-state index contributed by atoms with van der Waals surface area (Å²) in [4.78, 5) is 3.86. The lowest BCUT2D eigenvalue weighted by Gasteiger charge is -2.09. The smallest absolute Gasteiger partial charge is 0.173 e. The van der Waals surface area contributed by atoms with Gasteiger partial charge in [0.2, 0.25) is 0 Å². The molecule has 98 valence electrons. The van der Waals surface area contributed by atoms with Crippen LogP contribution in [0.3, 0.4) is 0 Å². The molecule has 2 aromatic rings. The van der Waals surface area contributed by atoms with E-state index in [1.165, 1.54) is 30.6 Å². The number of nitrogens with two attached hydrogens (primary N) is 1. The molecule has 0 aliphatic heterocycles. The van der Waals surface area contributed by atoms with Gasteiger partial charge in [0, 0.05) is 12.3 Å². The third-order valence-electron chi connectivity index (χ3n) is 2.29. The van der Waals surface area contributed by atoms with Gasteiger partial charge in [0.15, 0.2) is 11.6 Å². The average molecular weight is 282 g/mol. The van der Waals surface area contributed by atoms with Gasteiger partial charge in [-0.2, -0.15) is 0 Å². The Morgan fingerprint density at radius 3 is 2.89 bits per heavy atom. The number of hydrogen-bond acceptors (Lipinski definition) is 4. The van der Waals surface area contributed by atoms with Crippen molar-refractivity contribution in [3.8, 4) is 11.5 Å². The van der Waals surface area contributed by atoms with Crippen molar-refractivity contribution in [2.45, 2.75) is 0 Å². The molecule has 0 fully saturated rings. The Morgan fingerprint density at radius 1 is 1.42 bits per heavy atom. The van der Waals surface area contributed by atoms with Crippen LogP contribution in [-0.2, 0) is 0 Å². The first-order valence-corrected chi connectivity index (χ1v) is 5.54. The van der Waals surface area contributed by atoms with Gasteiger partial charge in [0.1, 0.15) is 11.6 Å². The molecule has 2 rings (SSSR count). The number of amidine groups is 1. The van der Waals surface area contributed by atoms with Crippen LogP contribution < -0.4 is 10.5 Å². The number of rotatable bonds is 3. The molecule has 0 atom stereocenters. The van der Waals surface area contributed by atoms with Gasteiger partial charge in [0.25, 0.3) is 0 Å². The van der Waals surface area contributed by atoms with Crippen molar-refractivity contribution in [2.75, 3.05) is 0 Å². The molecule has 5 nitrogen and oxygen atoms in total. The van der Waals surface area contributed by atoms with Crippen molar-refractivity contribution >= 4 is 17.4 Å². The van der Waals surface area contributed by atoms with Gasteiger partial charge in [-0.25, -0.2) is 4.39 Å². The quantitative estimate of drug-likeness (QED) is 0.392. The van der Waals surface area contributed by atoms with Crippen LogP contribution in [-0.4, -0.2) is 16.0 Å². The van der Waals surface area contributed by atoms with Crippen LogP contribution in [0.4, 0.5) is 4.39 Å². The summed E-state index contributed by atoms with van der Waals surface area (Å²) in [6.07, 6.45) is 2.84. The maximum atomic E-state index is 13.3. The molecular weight excluding hydrogens is 273 g/mol. The zero-order valence-corrected chi connectivity index (χ0v) is 10.3. The van der Waals surface area contributed by atoms with E-state index < -0.39 is 5.82 Å². The Kier molecular flexibility index (Phi) is 3.82. The second-order valence-corrected chi connectivity index (χ2v) is 3.94. The van der Waals surface area contributed by atoms with E-state index in [4.69, 9.17) is 27.3 Å². The van der Waals surface area contributed by atoms with Crippen molar-refractivity contribution in [1.29, 1.82) is 0 Å². The van der Waals surface area contributed by atoms with Crippen molar-refractivity contribution in [3.63, 3.8) is 0 Å². The summed E-state index contributed by atoms with van der Waals surface area (Å²) in [5.41, 5.74) is 5.84. The number of aromatic nitrogens is 1. The Labute approximate surface area is 113 Å². The lowest BCUT2D eigenvalue weighted by Crippen LogP contribution is -2.14. The number of halogens is 2. The molecule has 1 heterocycles. The maximum absolute atomic E-state index is 13.3. The SMILES string of the molecule is N/C(=N/O)c1ccncc1Oc1ccc(Cl)c(F)c1. The fraction of sp³-hybridized carbons (Fsp3) is 0. The average Bonchev–Trinajstić information content (AvgIpc) is 2.43. The highest BCUT2D eigenvalue weighted by atomic mass is 35.5. The van der Waals surface area contributed by atoms with E-state index in [0.717, 1.165) is 6.07 Å². The topological polar surface area (TPSA) is 80.7 Å². The number of benzene rings is 1. The van der Waals surface area contributed by atoms with Gasteiger partial charge in [-0.15, -0.1) is 0 Å². The molecule has 0 amide bonds. The first-order chi connectivity index (χ1) is 9.11. The Balaban J connectivity index is 2.35. The second-order valence-electron chi connectivity index (χ2n) is 3.54. The van der Waals surface area contributed by atoms with Crippen molar-refractivity contribution in [3.05, 3.63) is 53.1 Å². The summed E-state index contributed by atoms with van der Waals surface area (Å²) < 4.78 is 18.7. The van der Waals surface area contributed by atoms with E-state index in [1.807, 2.05) is 0 Å². The maximum Gasteiger partial charge on any atom is 0.173 e. The van der Waals surface area contributed by atoms with E-state index in [0.29, 0.717) is 5.56 Å². The molecule has 0 aliphatic rings. The van der Waals surface area contributed by atoms with Crippen molar-refractivity contribution in [2.24, 2.45) is 10.9 Å². The molecule has 0 saturated carbocycles. The molecule has 3 N–H and O–H groups in total. The highest BCUT2D eigenvalue weighted by molar-refractivity contribution is 6.30. The van der Waals surface area contributed by atoms with E-state index in [2.05, 4.69) is 10.1 Å². The van der Waals surface area contributed by atoms with E-state index in [-0.39, 0.29) is 22.4 Å². The van der Waals surface area contributed by atoms with Crippen LogP contribution in [0.2, 0.25) is 5.02 Å². The zero-order chi connectivity index (χ0) is 13.8. The monoisotopic (exact) mass is 281 g/mol. The fourth-order valence-electron chi connectivity index (χ4n) is 1.39. The molecule has 0 bridgehead atoms. The Morgan fingerprint density at radius 2 is 2.21 bits per heavy atom. The molecule has 0 spiro atoms. The minimum absolute atomic E-state index is 0.00445. The molecule has 0 aliphatic carbocycles. The molecule has 7 heteroatoms. The molecule has 0 unspecified atom stereocenters. The number of oxime groups is 1. The van der Waals surface area contributed by atoms with Gasteiger partial charge in [-0.05, 0) is 18.2 Å². The largest absolute Gasteiger partial charge is 0.455 e. The Hall–Kier alpha value is -2.34. The molecule has 1 aromatic heterocycles. The normalized spacial score (nSPS) is 11.4. The molecule has 0 radical (unpaired) electrons. The summed E-state index contributed by atoms with van der Waals surface area (Å²) in [5.74, 6) is -0.276. The summed E-state index contributed by atoms with van der Waals surface area (Å²) >= 11 is 5.57. The van der Waals surface area contributed by atoms with Crippen LogP contribution in [0.15, 0.2) is 41.8 Å². The van der Waals surface area contributed by atoms with Gasteiger partial charge >= 0.3 is 0 Å². The number of pyridine rings is 1. The summed E-state index contributed by atoms with van der Waals surface area (Å²) in [6, 6.07) is 5.50. The van der Waals surface area contributed by atoms with Gasteiger partial charge < -0.3 is 15.7 Å². The lowest BCUT2D eigenvalue weighted by atomic mass is 10.2. The van der Waals surface area contributed by atoms with E-state index >= 15 is 0 Å². The van der Waals surface area contributed by atoms with Crippen molar-refractivity contribution in [1.82, 2.24) is 4.98 Å². The molecular formula is C12H9ClFN3O2. The minimum Gasteiger partial charge on any atom is -0.455 e. The van der Waals surface area contributed by atoms with Gasteiger partial charge in [0.05, 0.1) is 16.8 Å². The van der Waals surface area contributed by atoms with Gasteiger partial charge in [-0.1, -0.05) is 16.8 Å². The predicted molar refractivity (Wildman–Crippen MR) is 68.2 cm³/mol. The van der Waals surface area contributed by atoms with E-state index in [1.54, 1.807) is 0 Å². The second kappa shape index (κ2) is 5.53. The zero-order valence-electron chi connectivity index (χ0n) is 9.55. The summed E-state index contributed by atoms with van der Waals surface area (Å²) in [7, 11) is 0. The van der Waals surface area contributed by atoms with Crippen LogP contribution in [0.1, 0.15) is 5.56 Å². The predicted octanol–water partition coefficient (Wildman–Crippen LogP) is 2.76. The van der Waals surface area contributed by atoms with Crippen LogP contribution in [0, 0.1) is 5.82 Å². The molecule has 19 heavy (non-hydrogen) atoms. The number of hydrogen-bond donors (Lipinski definition) is 2. The molecule has 0 saturated heterocycles. The third-order valence-corrected chi connectivity index (χ3v) is 2.59. The van der Waals surface area contributed by atoms with Crippen molar-refractivity contribution < 1.29 is 14.3 Å². The highest BCUT2D eigenvalue weighted by Gasteiger charge is 2.10. The summed E-state index contributed by atoms with van der Waals surface area (Å²) in [5, 5.41) is 11.5. The van der Waals surface area contributed by atoms with Crippen LogP contribution in [0.25, 0.3) is 0 Å². The minimum atomic E-state index is -0.603. The van der Waals surface area contributed by atoms with E-state index in [9.17, 15) is 4.39 Å². The highest BCUT2D eigenvalue weighted by Crippen LogP contribution is 2.27.